The van der Waals surface area contributed by atoms with E-state index < -0.39 is 0 Å². The first kappa shape index (κ1) is 15.8. The van der Waals surface area contributed by atoms with Crippen LogP contribution >= 0.6 is 11.6 Å². The zero-order valence-electron chi connectivity index (χ0n) is 12.7. The van der Waals surface area contributed by atoms with Crippen LogP contribution in [0.25, 0.3) is 11.1 Å². The topological polar surface area (TPSA) is 60.2 Å². The highest BCUT2D eigenvalue weighted by Gasteiger charge is 2.22. The molecule has 2 heterocycles. The molecule has 0 amide bonds. The summed E-state index contributed by atoms with van der Waals surface area (Å²) in [7, 11) is 0. The summed E-state index contributed by atoms with van der Waals surface area (Å²) in [4.78, 5) is 6.55. The maximum absolute atomic E-state index is 9.42. The van der Waals surface area contributed by atoms with E-state index >= 15 is 0 Å². The van der Waals surface area contributed by atoms with Gasteiger partial charge in [-0.15, -0.1) is 0 Å². The fraction of sp³-hybridized carbons (Fsp3) is 0.333. The van der Waals surface area contributed by atoms with E-state index in [0.29, 0.717) is 5.56 Å². The monoisotopic (exact) mass is 327 g/mol. The van der Waals surface area contributed by atoms with E-state index in [4.69, 9.17) is 11.6 Å². The number of anilines is 1. The highest BCUT2D eigenvalue weighted by Crippen LogP contribution is 2.32. The van der Waals surface area contributed by atoms with Gasteiger partial charge in [0, 0.05) is 25.3 Å². The predicted octanol–water partition coefficient (Wildman–Crippen LogP) is 3.48. The maximum atomic E-state index is 9.42. The van der Waals surface area contributed by atoms with Crippen molar-refractivity contribution < 1.29 is 5.11 Å². The van der Waals surface area contributed by atoms with Crippen LogP contribution in [0, 0.1) is 17.2 Å². The van der Waals surface area contributed by atoms with Gasteiger partial charge < -0.3 is 10.0 Å². The first-order valence-electron chi connectivity index (χ1n) is 7.74. The molecule has 4 nitrogen and oxygen atoms in total. The van der Waals surface area contributed by atoms with Crippen LogP contribution in [0.1, 0.15) is 18.4 Å². The van der Waals surface area contributed by atoms with Crippen LogP contribution in [0.3, 0.4) is 0 Å². The van der Waals surface area contributed by atoms with Gasteiger partial charge in [-0.2, -0.15) is 5.26 Å². The molecule has 0 saturated carbocycles. The summed E-state index contributed by atoms with van der Waals surface area (Å²) in [6, 6.07) is 13.8. The highest BCUT2D eigenvalue weighted by molar-refractivity contribution is 6.31. The lowest BCUT2D eigenvalue weighted by Crippen LogP contribution is -2.37. The molecule has 118 valence electrons. The molecule has 0 spiro atoms. The number of pyridine rings is 1. The molecule has 1 saturated heterocycles. The second kappa shape index (κ2) is 6.99. The molecule has 3 rings (SSSR count). The Balaban J connectivity index is 2.03. The minimum absolute atomic E-state index is 0.187. The minimum Gasteiger partial charge on any atom is -0.396 e. The second-order valence-electron chi connectivity index (χ2n) is 5.81. The number of aliphatic hydroxyl groups excluding tert-OH is 1. The van der Waals surface area contributed by atoms with Crippen molar-refractivity contribution >= 4 is 17.4 Å². The molecule has 1 atom stereocenters. The second-order valence-corrected chi connectivity index (χ2v) is 6.17. The lowest BCUT2D eigenvalue weighted by atomic mass is 9.98. The zero-order chi connectivity index (χ0) is 16.2. The van der Waals surface area contributed by atoms with Crippen molar-refractivity contribution in [3.8, 4) is 17.2 Å². The third kappa shape index (κ3) is 3.31. The molecular formula is C18H18ClN3O. The van der Waals surface area contributed by atoms with Crippen molar-refractivity contribution in [2.45, 2.75) is 12.8 Å². The fourth-order valence-electron chi connectivity index (χ4n) is 3.04. The molecule has 5 heteroatoms. The third-order valence-corrected chi connectivity index (χ3v) is 4.53. The fourth-order valence-corrected chi connectivity index (χ4v) is 3.27. The quantitative estimate of drug-likeness (QED) is 0.877. The zero-order valence-corrected chi connectivity index (χ0v) is 13.5. The lowest BCUT2D eigenvalue weighted by Gasteiger charge is -2.33. The Bertz CT molecular complexity index is 727. The Morgan fingerprint density at radius 2 is 2.13 bits per heavy atom. The minimum atomic E-state index is 0.187. The molecule has 23 heavy (non-hydrogen) atoms. The summed E-state index contributed by atoms with van der Waals surface area (Å²) in [6.07, 6.45) is 2.05. The lowest BCUT2D eigenvalue weighted by molar-refractivity contribution is 0.208. The number of rotatable bonds is 3. The average molecular weight is 328 g/mol. The third-order valence-electron chi connectivity index (χ3n) is 4.26. The van der Waals surface area contributed by atoms with Gasteiger partial charge >= 0.3 is 0 Å². The van der Waals surface area contributed by atoms with Crippen LogP contribution in [-0.2, 0) is 0 Å². The number of benzene rings is 1. The van der Waals surface area contributed by atoms with E-state index in [2.05, 4.69) is 16.0 Å². The number of halogens is 1. The van der Waals surface area contributed by atoms with E-state index in [1.165, 1.54) is 0 Å². The smallest absolute Gasteiger partial charge is 0.149 e. The molecule has 1 unspecified atom stereocenters. The predicted molar refractivity (Wildman–Crippen MR) is 91.4 cm³/mol. The van der Waals surface area contributed by atoms with Gasteiger partial charge in [0.05, 0.1) is 5.56 Å². The molecule has 1 aliphatic rings. The molecule has 1 fully saturated rings. The molecule has 1 aromatic carbocycles. The van der Waals surface area contributed by atoms with Crippen LogP contribution in [-0.4, -0.2) is 29.8 Å². The van der Waals surface area contributed by atoms with Crippen molar-refractivity contribution in [2.24, 2.45) is 5.92 Å². The average Bonchev–Trinajstić information content (AvgIpc) is 2.61. The van der Waals surface area contributed by atoms with Crippen LogP contribution in [0.2, 0.25) is 5.15 Å². The number of nitrogens with zero attached hydrogens (tertiary/aromatic N) is 3. The van der Waals surface area contributed by atoms with Crippen LogP contribution in [0.15, 0.2) is 36.4 Å². The van der Waals surface area contributed by atoms with Gasteiger partial charge in [0.1, 0.15) is 17.0 Å². The molecule has 0 aliphatic carbocycles. The molecule has 0 bridgehead atoms. The Hall–Kier alpha value is -2.09. The van der Waals surface area contributed by atoms with E-state index in [9.17, 15) is 10.4 Å². The first-order valence-corrected chi connectivity index (χ1v) is 8.12. The molecule has 1 aliphatic heterocycles. The highest BCUT2D eigenvalue weighted by atomic mass is 35.5. The number of piperidine rings is 1. The van der Waals surface area contributed by atoms with Crippen molar-refractivity contribution in [3.63, 3.8) is 0 Å². The summed E-state index contributed by atoms with van der Waals surface area (Å²) < 4.78 is 0. The van der Waals surface area contributed by atoms with Gasteiger partial charge in [-0.1, -0.05) is 41.9 Å². The van der Waals surface area contributed by atoms with Crippen molar-refractivity contribution in [1.29, 1.82) is 5.26 Å². The van der Waals surface area contributed by atoms with Crippen LogP contribution < -0.4 is 4.90 Å². The number of aromatic nitrogens is 1. The summed E-state index contributed by atoms with van der Waals surface area (Å²) >= 11 is 6.26. The van der Waals surface area contributed by atoms with Crippen molar-refractivity contribution in [1.82, 2.24) is 4.98 Å². The van der Waals surface area contributed by atoms with Gasteiger partial charge in [0.2, 0.25) is 0 Å². The largest absolute Gasteiger partial charge is 0.396 e. The summed E-state index contributed by atoms with van der Waals surface area (Å²) in [5.74, 6) is 1.03. The van der Waals surface area contributed by atoms with Crippen LogP contribution in [0.5, 0.6) is 0 Å². The summed E-state index contributed by atoms with van der Waals surface area (Å²) in [5, 5.41) is 19.1. The maximum Gasteiger partial charge on any atom is 0.149 e. The molecular weight excluding hydrogens is 310 g/mol. The SMILES string of the molecule is N#Cc1c(-c2ccccc2)cc(N2CCCC(CO)C2)nc1Cl. The van der Waals surface area contributed by atoms with E-state index in [0.717, 1.165) is 42.9 Å². The summed E-state index contributed by atoms with van der Waals surface area (Å²) in [5.41, 5.74) is 2.15. The van der Waals surface area contributed by atoms with Gasteiger partial charge in [-0.05, 0) is 30.4 Å². The Labute approximate surface area is 141 Å². The summed E-state index contributed by atoms with van der Waals surface area (Å²) in [6.45, 7) is 1.84. The van der Waals surface area contributed by atoms with E-state index in [-0.39, 0.29) is 17.7 Å². The molecule has 2 aromatic rings. The van der Waals surface area contributed by atoms with Gasteiger partial charge in [-0.3, -0.25) is 0 Å². The number of aliphatic hydroxyl groups is 1. The van der Waals surface area contributed by atoms with Crippen LogP contribution in [0.4, 0.5) is 5.82 Å². The Kier molecular flexibility index (Phi) is 4.80. The van der Waals surface area contributed by atoms with Gasteiger partial charge in [-0.25, -0.2) is 4.98 Å². The normalized spacial score (nSPS) is 17.8. The number of hydrogen-bond donors (Lipinski definition) is 1. The van der Waals surface area contributed by atoms with E-state index in [1.807, 2.05) is 36.4 Å². The molecule has 1 N–H and O–H groups in total. The number of nitriles is 1. The standard InChI is InChI=1S/C18H18ClN3O/c19-18-16(10-20)15(14-6-2-1-3-7-14)9-17(21-18)22-8-4-5-13(11-22)12-23/h1-3,6-7,9,13,23H,4-5,8,11-12H2. The Morgan fingerprint density at radius 3 is 2.83 bits per heavy atom. The molecule has 0 radical (unpaired) electrons. The van der Waals surface area contributed by atoms with Gasteiger partial charge in [0.25, 0.3) is 0 Å². The van der Waals surface area contributed by atoms with Crippen molar-refractivity contribution in [2.75, 3.05) is 24.6 Å². The molecule has 1 aromatic heterocycles. The van der Waals surface area contributed by atoms with E-state index in [1.54, 1.807) is 0 Å². The first-order chi connectivity index (χ1) is 11.2. The Morgan fingerprint density at radius 1 is 1.35 bits per heavy atom. The van der Waals surface area contributed by atoms with Gasteiger partial charge in [0.15, 0.2) is 0 Å². The van der Waals surface area contributed by atoms with Crippen molar-refractivity contribution in [3.05, 3.63) is 47.1 Å². The number of hydrogen-bond acceptors (Lipinski definition) is 4.